The first kappa shape index (κ1) is 14.4. The number of halogens is 2. The van der Waals surface area contributed by atoms with E-state index in [0.29, 0.717) is 6.54 Å². The van der Waals surface area contributed by atoms with Crippen LogP contribution in [0.3, 0.4) is 0 Å². The van der Waals surface area contributed by atoms with E-state index in [9.17, 15) is 0 Å². The van der Waals surface area contributed by atoms with Gasteiger partial charge < -0.3 is 5.73 Å². The van der Waals surface area contributed by atoms with E-state index in [1.54, 1.807) is 0 Å². The molecule has 0 radical (unpaired) electrons. The van der Waals surface area contributed by atoms with E-state index in [0.717, 1.165) is 9.50 Å². The third-order valence-electron chi connectivity index (χ3n) is 1.88. The van der Waals surface area contributed by atoms with Crippen LogP contribution in [-0.4, -0.2) is 10.5 Å². The van der Waals surface area contributed by atoms with Crippen molar-refractivity contribution in [1.29, 1.82) is 0 Å². The monoisotopic (exact) mass is 413 g/mol. The van der Waals surface area contributed by atoms with E-state index >= 15 is 0 Å². The van der Waals surface area contributed by atoms with Crippen LogP contribution in [0, 0.1) is 0 Å². The minimum Gasteiger partial charge on any atom is -0.320 e. The van der Waals surface area contributed by atoms with Gasteiger partial charge in [0.15, 0.2) is 0 Å². The Balaban J connectivity index is 0.00000169. The van der Waals surface area contributed by atoms with E-state index < -0.39 is 5.54 Å². The number of nitrogens with two attached hydrogens (primary N) is 1. The molecule has 0 saturated heterocycles. The summed E-state index contributed by atoms with van der Waals surface area (Å²) in [6.07, 6.45) is 0. The van der Waals surface area contributed by atoms with Crippen LogP contribution in [0.15, 0.2) is 30.3 Å². The van der Waals surface area contributed by atoms with Crippen LogP contribution >= 0.6 is 23.6 Å². The maximum Gasteiger partial charge on any atom is 0.0537 e. The van der Waals surface area contributed by atoms with Crippen LogP contribution in [0.4, 0.5) is 0 Å². The summed E-state index contributed by atoms with van der Waals surface area (Å²) in [4.78, 5) is 0. The fourth-order valence-electron chi connectivity index (χ4n) is 1.16. The predicted octanol–water partition coefficient (Wildman–Crippen LogP) is 2.47. The average Bonchev–Trinajstić information content (AvgIpc) is 2.04. The maximum absolute atomic E-state index is 6.03. The first-order valence-corrected chi connectivity index (χ1v) is 4.63. The molecule has 0 amide bonds. The molecular weight excluding hydrogens is 402 g/mol. The van der Waals surface area contributed by atoms with Gasteiger partial charge in [0.25, 0.3) is 0 Å². The van der Waals surface area contributed by atoms with Gasteiger partial charge in [0.05, 0.1) is 12.1 Å². The zero-order valence-electron chi connectivity index (χ0n) is 7.69. The van der Waals surface area contributed by atoms with Crippen molar-refractivity contribution < 1.29 is 21.1 Å². The largest absolute Gasteiger partial charge is 0.320 e. The van der Waals surface area contributed by atoms with Crippen LogP contribution in [0.2, 0.25) is 0 Å². The van der Waals surface area contributed by atoms with Gasteiger partial charge in [-0.1, -0.05) is 30.3 Å². The summed E-state index contributed by atoms with van der Waals surface area (Å²) in [7, 11) is 0. The Hall–Kier alpha value is 0.408. The predicted molar refractivity (Wildman–Crippen MR) is 56.4 cm³/mol. The molecular formula is C9H12Cl2N2Pt. The van der Waals surface area contributed by atoms with Gasteiger partial charge in [-0.25, -0.2) is 0 Å². The minimum atomic E-state index is -0.523. The zero-order chi connectivity index (χ0) is 9.90. The summed E-state index contributed by atoms with van der Waals surface area (Å²) < 4.78 is 1.05. The van der Waals surface area contributed by atoms with Crippen molar-refractivity contribution in [3.05, 3.63) is 35.9 Å². The second-order valence-electron chi connectivity index (χ2n) is 3.24. The average molecular weight is 414 g/mol. The molecule has 2 nitrogen and oxygen atoms in total. The van der Waals surface area contributed by atoms with E-state index in [4.69, 9.17) is 29.3 Å². The van der Waals surface area contributed by atoms with Crippen LogP contribution in [0.25, 0.3) is 0 Å². The minimum absolute atomic E-state index is 0. The second-order valence-corrected chi connectivity index (χ2v) is 4.23. The molecule has 0 spiro atoms. The number of nitrogens with zero attached hydrogens (tertiary/aromatic N) is 1. The molecule has 1 atom stereocenters. The van der Waals surface area contributed by atoms with E-state index in [2.05, 4.69) is 0 Å². The van der Waals surface area contributed by atoms with Crippen molar-refractivity contribution in [2.45, 2.75) is 12.5 Å². The van der Waals surface area contributed by atoms with Crippen molar-refractivity contribution in [2.24, 2.45) is 5.73 Å². The van der Waals surface area contributed by atoms with Gasteiger partial charge in [-0.05, 0) is 36.0 Å². The number of rotatable bonds is 3. The van der Waals surface area contributed by atoms with E-state index in [1.807, 2.05) is 37.3 Å². The molecule has 0 aliphatic rings. The Morgan fingerprint density at radius 2 is 1.79 bits per heavy atom. The molecule has 0 aromatic heterocycles. The molecule has 1 unspecified atom stereocenters. The Morgan fingerprint density at radius 1 is 1.29 bits per heavy atom. The van der Waals surface area contributed by atoms with E-state index in [-0.39, 0.29) is 21.1 Å². The fraction of sp³-hybridized carbons (Fsp3) is 0.333. The Morgan fingerprint density at radius 3 is 2.21 bits per heavy atom. The SMILES string of the molecule is CC(N)(CN(Cl)Cl)c1ccccc1.[Pt]. The van der Waals surface area contributed by atoms with Crippen LogP contribution in [0.1, 0.15) is 12.5 Å². The first-order valence-electron chi connectivity index (χ1n) is 3.96. The molecule has 1 aromatic carbocycles. The first-order chi connectivity index (χ1) is 6.02. The number of benzene rings is 1. The van der Waals surface area contributed by atoms with Gasteiger partial charge in [-0.15, -0.1) is 3.94 Å². The molecule has 0 aliphatic heterocycles. The van der Waals surface area contributed by atoms with Crippen molar-refractivity contribution >= 4 is 23.6 Å². The molecule has 2 N–H and O–H groups in total. The standard InChI is InChI=1S/C9H12Cl2N2.Pt/c1-9(12,7-13(10)11)8-5-3-2-4-6-8;/h2-6H,7,12H2,1H3;. The summed E-state index contributed by atoms with van der Waals surface area (Å²) in [5.74, 6) is 0. The Kier molecular flexibility index (Phi) is 6.27. The third-order valence-corrected chi connectivity index (χ3v) is 2.12. The Labute approximate surface area is 109 Å². The quantitative estimate of drug-likeness (QED) is 0.771. The second kappa shape index (κ2) is 6.09. The molecule has 0 aliphatic carbocycles. The molecule has 82 valence electrons. The molecule has 0 fully saturated rings. The molecule has 1 rings (SSSR count). The molecule has 0 bridgehead atoms. The van der Waals surface area contributed by atoms with Gasteiger partial charge in [0.1, 0.15) is 0 Å². The normalized spacial score (nSPS) is 14.6. The summed E-state index contributed by atoms with van der Waals surface area (Å²) in [6, 6.07) is 9.73. The summed E-state index contributed by atoms with van der Waals surface area (Å²) >= 11 is 11.1. The van der Waals surface area contributed by atoms with Gasteiger partial charge in [0.2, 0.25) is 0 Å². The summed E-state index contributed by atoms with van der Waals surface area (Å²) in [5.41, 5.74) is 6.52. The smallest absolute Gasteiger partial charge is 0.0537 e. The van der Waals surface area contributed by atoms with Crippen molar-refractivity contribution in [1.82, 2.24) is 3.94 Å². The molecule has 0 heterocycles. The van der Waals surface area contributed by atoms with Gasteiger partial charge >= 0.3 is 0 Å². The maximum atomic E-state index is 6.03. The van der Waals surface area contributed by atoms with Crippen molar-refractivity contribution in [2.75, 3.05) is 6.54 Å². The summed E-state index contributed by atoms with van der Waals surface area (Å²) in [5, 5.41) is 0. The van der Waals surface area contributed by atoms with Crippen LogP contribution in [-0.2, 0) is 26.6 Å². The molecule has 1 aromatic rings. The molecule has 14 heavy (non-hydrogen) atoms. The van der Waals surface area contributed by atoms with Gasteiger partial charge in [0, 0.05) is 21.1 Å². The van der Waals surface area contributed by atoms with Gasteiger partial charge in [-0.2, -0.15) is 0 Å². The summed E-state index contributed by atoms with van der Waals surface area (Å²) in [6.45, 7) is 2.28. The van der Waals surface area contributed by atoms with Crippen molar-refractivity contribution in [3.63, 3.8) is 0 Å². The Bertz CT molecular complexity index is 265. The zero-order valence-corrected chi connectivity index (χ0v) is 11.5. The van der Waals surface area contributed by atoms with Crippen LogP contribution < -0.4 is 5.73 Å². The third kappa shape index (κ3) is 4.29. The number of hydrogen-bond acceptors (Lipinski definition) is 2. The molecule has 5 heteroatoms. The van der Waals surface area contributed by atoms with Crippen molar-refractivity contribution in [3.8, 4) is 0 Å². The van der Waals surface area contributed by atoms with Crippen LogP contribution in [0.5, 0.6) is 0 Å². The van der Waals surface area contributed by atoms with E-state index in [1.165, 1.54) is 0 Å². The molecule has 0 saturated carbocycles. The van der Waals surface area contributed by atoms with Gasteiger partial charge in [-0.3, -0.25) is 0 Å². The fourth-order valence-corrected chi connectivity index (χ4v) is 1.66. The number of hydrogen-bond donors (Lipinski definition) is 1. The topological polar surface area (TPSA) is 29.3 Å².